The zero-order valence-electron chi connectivity index (χ0n) is 15.6. The molecule has 1 aromatic heterocycles. The van der Waals surface area contributed by atoms with Crippen LogP contribution in [0.5, 0.6) is 0 Å². The highest BCUT2D eigenvalue weighted by molar-refractivity contribution is 7.99. The Balaban J connectivity index is 1.53. The van der Waals surface area contributed by atoms with Crippen molar-refractivity contribution in [3.8, 4) is 11.3 Å². The van der Waals surface area contributed by atoms with Crippen LogP contribution in [0.2, 0.25) is 5.02 Å². The molecule has 2 aromatic carbocycles. The number of carbonyl (C=O) groups excluding carboxylic acids is 1. The van der Waals surface area contributed by atoms with Crippen LogP contribution >= 0.6 is 23.4 Å². The Morgan fingerprint density at radius 3 is 2.41 bits per heavy atom. The number of carbonyl (C=O) groups is 1. The lowest BCUT2D eigenvalue weighted by Crippen LogP contribution is -2.33. The highest BCUT2D eigenvalue weighted by Gasteiger charge is 2.18. The van der Waals surface area contributed by atoms with E-state index in [9.17, 15) is 4.79 Å². The number of aromatic nitrogens is 2. The molecule has 1 saturated heterocycles. The fraction of sp³-hybridized carbons (Fsp3) is 0.190. The van der Waals surface area contributed by atoms with Gasteiger partial charge < -0.3 is 15.5 Å². The van der Waals surface area contributed by atoms with Crippen LogP contribution in [0.15, 0.2) is 60.9 Å². The van der Waals surface area contributed by atoms with E-state index in [1.807, 2.05) is 36.0 Å². The summed E-state index contributed by atoms with van der Waals surface area (Å²) in [5.74, 6) is 3.05. The maximum atomic E-state index is 12.4. The van der Waals surface area contributed by atoms with Crippen molar-refractivity contribution in [3.05, 3.63) is 65.9 Å². The first-order valence-corrected chi connectivity index (χ1v) is 10.8. The Kier molecular flexibility index (Phi) is 6.17. The number of hydrogen-bond donors (Lipinski definition) is 2. The lowest BCUT2D eigenvalue weighted by molar-refractivity contribution is 0.262. The molecule has 0 unspecified atom stereocenters. The third-order valence-corrected chi connectivity index (χ3v) is 5.64. The molecule has 0 spiro atoms. The summed E-state index contributed by atoms with van der Waals surface area (Å²) < 4.78 is 0. The van der Waals surface area contributed by atoms with Crippen LogP contribution in [0.25, 0.3) is 11.3 Å². The van der Waals surface area contributed by atoms with E-state index >= 15 is 0 Å². The first kappa shape index (κ1) is 19.5. The molecule has 0 saturated carbocycles. The summed E-state index contributed by atoms with van der Waals surface area (Å²) in [6.07, 6.45) is 3.42. The maximum Gasteiger partial charge on any atom is 0.323 e. The molecule has 1 aliphatic heterocycles. The summed E-state index contributed by atoms with van der Waals surface area (Å²) in [6.45, 7) is 1.91. The smallest absolute Gasteiger partial charge is 0.323 e. The third kappa shape index (κ3) is 4.99. The number of rotatable bonds is 4. The second-order valence-electron chi connectivity index (χ2n) is 6.50. The second-order valence-corrected chi connectivity index (χ2v) is 8.16. The van der Waals surface area contributed by atoms with Gasteiger partial charge in [-0.3, -0.25) is 4.98 Å². The average molecular weight is 426 g/mol. The van der Waals surface area contributed by atoms with Crippen LogP contribution in [0.3, 0.4) is 0 Å². The molecule has 0 aliphatic carbocycles. The van der Waals surface area contributed by atoms with Crippen LogP contribution in [-0.2, 0) is 0 Å². The Morgan fingerprint density at radius 2 is 1.66 bits per heavy atom. The molecule has 1 fully saturated rings. The summed E-state index contributed by atoms with van der Waals surface area (Å²) >= 11 is 7.92. The van der Waals surface area contributed by atoms with Crippen molar-refractivity contribution in [2.24, 2.45) is 0 Å². The van der Waals surface area contributed by atoms with Gasteiger partial charge in [0.25, 0.3) is 0 Å². The molecule has 8 heteroatoms. The number of halogens is 1. The van der Waals surface area contributed by atoms with Gasteiger partial charge in [0.2, 0.25) is 0 Å². The minimum absolute atomic E-state index is 0.336. The van der Waals surface area contributed by atoms with Gasteiger partial charge in [-0.05, 0) is 30.3 Å². The lowest BCUT2D eigenvalue weighted by Gasteiger charge is -2.28. The Bertz CT molecular complexity index is 1010. The number of anilines is 3. The van der Waals surface area contributed by atoms with Gasteiger partial charge in [-0.25, -0.2) is 9.78 Å². The van der Waals surface area contributed by atoms with Gasteiger partial charge in [-0.15, -0.1) is 0 Å². The molecule has 0 radical (unpaired) electrons. The zero-order valence-corrected chi connectivity index (χ0v) is 17.2. The predicted molar refractivity (Wildman–Crippen MR) is 121 cm³/mol. The third-order valence-electron chi connectivity index (χ3n) is 4.47. The van der Waals surface area contributed by atoms with Crippen molar-refractivity contribution in [2.75, 3.05) is 40.1 Å². The molecule has 2 N–H and O–H groups in total. The van der Waals surface area contributed by atoms with Crippen LogP contribution in [0, 0.1) is 0 Å². The quantitative estimate of drug-likeness (QED) is 0.615. The van der Waals surface area contributed by atoms with E-state index in [0.29, 0.717) is 16.4 Å². The van der Waals surface area contributed by atoms with Gasteiger partial charge in [0, 0.05) is 58.9 Å². The number of urea groups is 1. The summed E-state index contributed by atoms with van der Waals surface area (Å²) in [7, 11) is 0. The van der Waals surface area contributed by atoms with E-state index in [-0.39, 0.29) is 6.03 Å². The normalized spacial score (nSPS) is 13.8. The van der Waals surface area contributed by atoms with Crippen molar-refractivity contribution in [3.63, 3.8) is 0 Å². The zero-order chi connectivity index (χ0) is 20.1. The van der Waals surface area contributed by atoms with Crippen LogP contribution in [0.1, 0.15) is 0 Å². The van der Waals surface area contributed by atoms with Gasteiger partial charge >= 0.3 is 6.03 Å². The average Bonchev–Trinajstić information content (AvgIpc) is 2.74. The van der Waals surface area contributed by atoms with E-state index in [0.717, 1.165) is 41.7 Å². The van der Waals surface area contributed by atoms with Crippen molar-refractivity contribution in [1.29, 1.82) is 0 Å². The Morgan fingerprint density at radius 1 is 0.966 bits per heavy atom. The lowest BCUT2D eigenvalue weighted by atomic mass is 10.1. The molecule has 0 bridgehead atoms. The molecule has 6 nitrogen and oxygen atoms in total. The molecule has 148 valence electrons. The van der Waals surface area contributed by atoms with Gasteiger partial charge in [0.1, 0.15) is 5.69 Å². The van der Waals surface area contributed by atoms with Gasteiger partial charge in [0.15, 0.2) is 5.82 Å². The van der Waals surface area contributed by atoms with Crippen molar-refractivity contribution in [1.82, 2.24) is 9.97 Å². The largest absolute Gasteiger partial charge is 0.353 e. The van der Waals surface area contributed by atoms with E-state index in [2.05, 4.69) is 25.5 Å². The maximum absolute atomic E-state index is 12.4. The molecule has 29 heavy (non-hydrogen) atoms. The van der Waals surface area contributed by atoms with Gasteiger partial charge in [-0.2, -0.15) is 11.8 Å². The minimum atomic E-state index is -0.336. The van der Waals surface area contributed by atoms with Crippen LogP contribution in [-0.4, -0.2) is 40.6 Å². The molecular weight excluding hydrogens is 406 g/mol. The molecule has 2 heterocycles. The molecular formula is C21H20ClN5OS. The summed E-state index contributed by atoms with van der Waals surface area (Å²) in [4.78, 5) is 23.8. The Labute approximate surface area is 178 Å². The van der Waals surface area contributed by atoms with Crippen molar-refractivity contribution in [2.45, 2.75) is 0 Å². The van der Waals surface area contributed by atoms with Crippen molar-refractivity contribution >= 4 is 46.6 Å². The van der Waals surface area contributed by atoms with E-state index in [1.165, 1.54) is 0 Å². The first-order valence-electron chi connectivity index (χ1n) is 9.27. The highest BCUT2D eigenvalue weighted by Crippen LogP contribution is 2.30. The first-order chi connectivity index (χ1) is 14.2. The number of benzene rings is 2. The number of amides is 2. The van der Waals surface area contributed by atoms with Crippen LogP contribution in [0.4, 0.5) is 22.0 Å². The highest BCUT2D eigenvalue weighted by atomic mass is 35.5. The number of hydrogen-bond acceptors (Lipinski definition) is 5. The van der Waals surface area contributed by atoms with E-state index in [4.69, 9.17) is 11.6 Å². The topological polar surface area (TPSA) is 70.1 Å². The molecule has 4 rings (SSSR count). The van der Waals surface area contributed by atoms with Crippen molar-refractivity contribution < 1.29 is 4.79 Å². The van der Waals surface area contributed by atoms with Gasteiger partial charge in [0.05, 0.1) is 0 Å². The second kappa shape index (κ2) is 9.15. The monoisotopic (exact) mass is 425 g/mol. The summed E-state index contributed by atoms with van der Waals surface area (Å²) in [5, 5.41) is 6.21. The SMILES string of the molecule is O=C(Nc1cccc(Cl)c1)Nc1cccc(-c2nccnc2N2CCSCC2)c1. The molecule has 3 aromatic rings. The summed E-state index contributed by atoms with van der Waals surface area (Å²) in [6, 6.07) is 14.3. The Hall–Kier alpha value is -2.77. The fourth-order valence-electron chi connectivity index (χ4n) is 3.14. The molecule has 0 atom stereocenters. The number of nitrogens with zero attached hydrogens (tertiary/aromatic N) is 3. The molecule has 2 amide bonds. The molecule has 1 aliphatic rings. The summed E-state index contributed by atoms with van der Waals surface area (Å²) in [5.41, 5.74) is 3.03. The number of thioether (sulfide) groups is 1. The minimum Gasteiger partial charge on any atom is -0.353 e. The fourth-order valence-corrected chi connectivity index (χ4v) is 4.24. The van der Waals surface area contributed by atoms with E-state index < -0.39 is 0 Å². The van der Waals surface area contributed by atoms with Gasteiger partial charge in [-0.1, -0.05) is 29.8 Å². The predicted octanol–water partition coefficient (Wildman–Crippen LogP) is 4.99. The van der Waals surface area contributed by atoms with E-state index in [1.54, 1.807) is 36.7 Å². The number of nitrogens with one attached hydrogen (secondary N) is 2. The van der Waals surface area contributed by atoms with Crippen LogP contribution < -0.4 is 15.5 Å². The standard InChI is InChI=1S/C21H20ClN5OS/c22-16-4-2-6-18(14-16)26-21(28)25-17-5-1-3-15(13-17)19-20(24-8-7-23-19)27-9-11-29-12-10-27/h1-8,13-14H,9-12H2,(H2,25,26,28).